The molecule has 0 radical (unpaired) electrons. The van der Waals surface area contributed by atoms with Crippen LogP contribution in [0.5, 0.6) is 0 Å². The lowest BCUT2D eigenvalue weighted by molar-refractivity contribution is 0.184. The fraction of sp³-hybridized carbons (Fsp3) is 0.478. The molecule has 29 heavy (non-hydrogen) atoms. The number of amides is 2. The lowest BCUT2D eigenvalue weighted by Gasteiger charge is -2.36. The quantitative estimate of drug-likeness (QED) is 0.849. The Bertz CT molecular complexity index is 761. The van der Waals surface area contributed by atoms with Crippen molar-refractivity contribution in [3.8, 4) is 0 Å². The van der Waals surface area contributed by atoms with Crippen molar-refractivity contribution in [3.63, 3.8) is 0 Å². The number of piperidine rings is 1. The van der Waals surface area contributed by atoms with Crippen molar-refractivity contribution in [1.82, 2.24) is 20.1 Å². The lowest BCUT2D eigenvalue weighted by atomic mass is 9.91. The molecule has 4 rings (SSSR count). The van der Waals surface area contributed by atoms with E-state index in [2.05, 4.69) is 50.4 Å². The van der Waals surface area contributed by atoms with Gasteiger partial charge in [0.1, 0.15) is 0 Å². The molecule has 2 fully saturated rings. The summed E-state index contributed by atoms with van der Waals surface area (Å²) >= 11 is 0. The van der Waals surface area contributed by atoms with Crippen LogP contribution in [0.1, 0.15) is 24.3 Å². The Balaban J connectivity index is 1.18. The number of carbonyl (C=O) groups is 1. The fourth-order valence-corrected chi connectivity index (χ4v) is 4.41. The van der Waals surface area contributed by atoms with Crippen LogP contribution in [0.15, 0.2) is 54.9 Å². The van der Waals surface area contributed by atoms with E-state index in [1.54, 1.807) is 0 Å². The van der Waals surface area contributed by atoms with Gasteiger partial charge in [0.15, 0.2) is 0 Å². The Morgan fingerprint density at radius 3 is 2.52 bits per heavy atom. The summed E-state index contributed by atoms with van der Waals surface area (Å²) in [6.07, 6.45) is 6.12. The highest BCUT2D eigenvalue weighted by Crippen LogP contribution is 2.26. The predicted octanol–water partition coefficient (Wildman–Crippen LogP) is 2.79. The first-order valence-corrected chi connectivity index (χ1v) is 10.7. The van der Waals surface area contributed by atoms with Crippen LogP contribution in [-0.4, -0.2) is 73.2 Å². The molecule has 1 N–H and O–H groups in total. The molecule has 6 nitrogen and oxygen atoms in total. The minimum absolute atomic E-state index is 0.0657. The molecule has 0 unspecified atom stereocenters. The number of nitrogens with zero attached hydrogens (tertiary/aromatic N) is 4. The van der Waals surface area contributed by atoms with Gasteiger partial charge in [0.25, 0.3) is 0 Å². The maximum atomic E-state index is 12.5. The molecule has 2 saturated heterocycles. The first kappa shape index (κ1) is 19.7. The second-order valence-electron chi connectivity index (χ2n) is 7.96. The van der Waals surface area contributed by atoms with Crippen LogP contribution in [-0.2, 0) is 0 Å². The maximum Gasteiger partial charge on any atom is 0.317 e. The highest BCUT2D eigenvalue weighted by Gasteiger charge is 2.23. The largest absolute Gasteiger partial charge is 0.368 e. The lowest BCUT2D eigenvalue weighted by Crippen LogP contribution is -2.52. The van der Waals surface area contributed by atoms with Gasteiger partial charge in [-0.25, -0.2) is 4.79 Å². The van der Waals surface area contributed by atoms with Crippen LogP contribution in [0, 0.1) is 0 Å². The molecule has 0 bridgehead atoms. The summed E-state index contributed by atoms with van der Waals surface area (Å²) < 4.78 is 0. The van der Waals surface area contributed by atoms with Gasteiger partial charge in [-0.3, -0.25) is 4.98 Å². The number of aromatic nitrogens is 1. The van der Waals surface area contributed by atoms with E-state index in [0.717, 1.165) is 45.8 Å². The smallest absolute Gasteiger partial charge is 0.317 e. The van der Waals surface area contributed by atoms with Crippen molar-refractivity contribution in [1.29, 1.82) is 0 Å². The van der Waals surface area contributed by atoms with E-state index in [4.69, 9.17) is 0 Å². The van der Waals surface area contributed by atoms with E-state index in [1.165, 1.54) is 24.1 Å². The minimum atomic E-state index is 0.0657. The molecule has 2 amide bonds. The van der Waals surface area contributed by atoms with Crippen LogP contribution in [0.4, 0.5) is 10.5 Å². The van der Waals surface area contributed by atoms with Crippen LogP contribution >= 0.6 is 0 Å². The summed E-state index contributed by atoms with van der Waals surface area (Å²) in [5.41, 5.74) is 2.62. The molecule has 154 valence electrons. The Labute approximate surface area is 173 Å². The number of piperazine rings is 1. The molecule has 0 spiro atoms. The maximum absolute atomic E-state index is 12.5. The number of hydrogen-bond donors (Lipinski definition) is 1. The highest BCUT2D eigenvalue weighted by atomic mass is 16.2. The summed E-state index contributed by atoms with van der Waals surface area (Å²) in [4.78, 5) is 23.3. The van der Waals surface area contributed by atoms with Gasteiger partial charge in [-0.2, -0.15) is 0 Å². The van der Waals surface area contributed by atoms with Crippen molar-refractivity contribution in [2.24, 2.45) is 0 Å². The van der Waals surface area contributed by atoms with E-state index in [1.807, 2.05) is 29.4 Å². The van der Waals surface area contributed by atoms with Gasteiger partial charge in [-0.05, 0) is 43.0 Å². The third kappa shape index (κ3) is 5.26. The van der Waals surface area contributed by atoms with Crippen LogP contribution in [0.25, 0.3) is 0 Å². The number of rotatable bonds is 5. The third-order valence-electron chi connectivity index (χ3n) is 6.08. The molecule has 1 aromatic carbocycles. The minimum Gasteiger partial charge on any atom is -0.368 e. The van der Waals surface area contributed by atoms with Crippen molar-refractivity contribution < 1.29 is 4.79 Å². The van der Waals surface area contributed by atoms with Crippen LogP contribution in [0.3, 0.4) is 0 Å². The zero-order chi connectivity index (χ0) is 19.9. The molecular formula is C23H31N5O. The normalized spacial score (nSPS) is 20.5. The molecule has 2 aliphatic heterocycles. The molecule has 6 heteroatoms. The molecule has 2 aliphatic rings. The predicted molar refractivity (Wildman–Crippen MR) is 116 cm³/mol. The molecule has 0 aliphatic carbocycles. The molecular weight excluding hydrogens is 362 g/mol. The monoisotopic (exact) mass is 393 g/mol. The summed E-state index contributed by atoms with van der Waals surface area (Å²) in [6, 6.07) is 14.9. The SMILES string of the molecule is O=C(NCCN1CCC[C@H](c2ccccc2)C1)N1CCN(c2ccncc2)CC1. The van der Waals surface area contributed by atoms with E-state index in [-0.39, 0.29) is 6.03 Å². The first-order chi connectivity index (χ1) is 14.3. The standard InChI is InChI=1S/C23H31N5O/c29-23(28-17-15-27(16-18-28)22-8-10-24-11-9-22)25-12-14-26-13-4-7-21(19-26)20-5-2-1-3-6-20/h1-3,5-6,8-11,21H,4,7,12-19H2,(H,25,29)/t21-/m0/s1. The van der Waals surface area contributed by atoms with E-state index in [0.29, 0.717) is 12.5 Å². The number of carbonyl (C=O) groups excluding carboxylic acids is 1. The summed E-state index contributed by atoms with van der Waals surface area (Å²) in [5, 5.41) is 3.13. The van der Waals surface area contributed by atoms with Gasteiger partial charge < -0.3 is 20.0 Å². The Morgan fingerprint density at radius 1 is 1.00 bits per heavy atom. The second-order valence-corrected chi connectivity index (χ2v) is 7.96. The van der Waals surface area contributed by atoms with Crippen molar-refractivity contribution >= 4 is 11.7 Å². The second kappa shape index (κ2) is 9.74. The van der Waals surface area contributed by atoms with Gasteiger partial charge >= 0.3 is 6.03 Å². The van der Waals surface area contributed by atoms with E-state index < -0.39 is 0 Å². The van der Waals surface area contributed by atoms with Gasteiger partial charge in [0.05, 0.1) is 0 Å². The number of likely N-dealkylation sites (tertiary alicyclic amines) is 1. The Hall–Kier alpha value is -2.60. The fourth-order valence-electron chi connectivity index (χ4n) is 4.41. The third-order valence-corrected chi connectivity index (χ3v) is 6.08. The van der Waals surface area contributed by atoms with Crippen LogP contribution < -0.4 is 10.2 Å². The number of nitrogens with one attached hydrogen (secondary N) is 1. The molecule has 3 heterocycles. The molecule has 1 atom stereocenters. The summed E-state index contributed by atoms with van der Waals surface area (Å²) in [7, 11) is 0. The van der Waals surface area contributed by atoms with Crippen molar-refractivity contribution in [3.05, 3.63) is 60.4 Å². The molecule has 0 saturated carbocycles. The first-order valence-electron chi connectivity index (χ1n) is 10.7. The van der Waals surface area contributed by atoms with Gasteiger partial charge in [0.2, 0.25) is 0 Å². The Kier molecular flexibility index (Phi) is 6.62. The zero-order valence-corrected chi connectivity index (χ0v) is 17.0. The Morgan fingerprint density at radius 2 is 1.76 bits per heavy atom. The number of benzene rings is 1. The number of pyridine rings is 1. The topological polar surface area (TPSA) is 51.7 Å². The van der Waals surface area contributed by atoms with Crippen LogP contribution in [0.2, 0.25) is 0 Å². The van der Waals surface area contributed by atoms with Gasteiger partial charge in [-0.1, -0.05) is 30.3 Å². The van der Waals surface area contributed by atoms with Gasteiger partial charge in [0, 0.05) is 63.9 Å². The van der Waals surface area contributed by atoms with Gasteiger partial charge in [-0.15, -0.1) is 0 Å². The average molecular weight is 394 g/mol. The van der Waals surface area contributed by atoms with Crippen molar-refractivity contribution in [2.75, 3.05) is 57.3 Å². The zero-order valence-electron chi connectivity index (χ0n) is 17.0. The number of urea groups is 1. The average Bonchev–Trinajstić information content (AvgIpc) is 2.80. The molecule has 2 aromatic rings. The molecule has 1 aromatic heterocycles. The number of hydrogen-bond acceptors (Lipinski definition) is 4. The highest BCUT2D eigenvalue weighted by molar-refractivity contribution is 5.74. The summed E-state index contributed by atoms with van der Waals surface area (Å²) in [6.45, 7) is 7.10. The van der Waals surface area contributed by atoms with Crippen molar-refractivity contribution in [2.45, 2.75) is 18.8 Å². The summed E-state index contributed by atoms with van der Waals surface area (Å²) in [5.74, 6) is 0.613. The number of anilines is 1. The van der Waals surface area contributed by atoms with E-state index in [9.17, 15) is 4.79 Å². The van der Waals surface area contributed by atoms with E-state index >= 15 is 0 Å².